The van der Waals surface area contributed by atoms with Gasteiger partial charge in [-0.25, -0.2) is 0 Å². The number of carbonyl (C=O) groups is 1. The fraction of sp³-hybridized carbons (Fsp3) is 0.462. The first-order chi connectivity index (χ1) is 7.45. The summed E-state index contributed by atoms with van der Waals surface area (Å²) in [5, 5.41) is 0. The summed E-state index contributed by atoms with van der Waals surface area (Å²) in [4.78, 5) is 12.0. The molecule has 0 aliphatic rings. The maximum Gasteiger partial charge on any atom is 0.168 e. The second kappa shape index (κ2) is 5.12. The molecule has 0 fully saturated rings. The van der Waals surface area contributed by atoms with Crippen LogP contribution in [0.5, 0.6) is 5.75 Å². The number of carbonyl (C=O) groups excluding carboxylic acids is 1. The molecular weight excluding hydrogens is 202 g/mol. The normalized spacial score (nSPS) is 12.3. The summed E-state index contributed by atoms with van der Waals surface area (Å²) in [6.45, 7) is 5.73. The summed E-state index contributed by atoms with van der Waals surface area (Å²) >= 11 is 0. The molecule has 0 aliphatic carbocycles. The standard InChI is InChI=1S/C13H19NO2/c1-8-5-9(2)13(16-4)11(6-8)12(15)7-10(3)14/h5-6,10H,7,14H2,1-4H3. The molecule has 16 heavy (non-hydrogen) atoms. The van der Waals surface area contributed by atoms with E-state index in [0.29, 0.717) is 17.7 Å². The van der Waals surface area contributed by atoms with Gasteiger partial charge in [0.1, 0.15) is 5.75 Å². The lowest BCUT2D eigenvalue weighted by atomic mass is 9.99. The molecule has 1 atom stereocenters. The predicted octanol–water partition coefficient (Wildman–Crippen LogP) is 2.23. The highest BCUT2D eigenvalue weighted by molar-refractivity contribution is 5.99. The molecule has 1 aromatic carbocycles. The van der Waals surface area contributed by atoms with E-state index in [-0.39, 0.29) is 11.8 Å². The van der Waals surface area contributed by atoms with E-state index in [9.17, 15) is 4.79 Å². The first-order valence-corrected chi connectivity index (χ1v) is 5.39. The Balaban J connectivity index is 3.15. The van der Waals surface area contributed by atoms with Gasteiger partial charge in [-0.15, -0.1) is 0 Å². The van der Waals surface area contributed by atoms with Crippen LogP contribution in [0.4, 0.5) is 0 Å². The van der Waals surface area contributed by atoms with Crippen LogP contribution in [0.3, 0.4) is 0 Å². The Morgan fingerprint density at radius 2 is 2.06 bits per heavy atom. The number of rotatable bonds is 4. The van der Waals surface area contributed by atoms with Crippen LogP contribution in [0.1, 0.15) is 34.8 Å². The SMILES string of the molecule is COc1c(C)cc(C)cc1C(=O)CC(C)N. The lowest BCUT2D eigenvalue weighted by molar-refractivity contribution is 0.0973. The quantitative estimate of drug-likeness (QED) is 0.793. The van der Waals surface area contributed by atoms with Gasteiger partial charge in [-0.05, 0) is 38.0 Å². The Morgan fingerprint density at radius 1 is 1.44 bits per heavy atom. The number of Topliss-reactive ketones (excluding diaryl/α,β-unsaturated/α-hetero) is 1. The highest BCUT2D eigenvalue weighted by Gasteiger charge is 2.16. The van der Waals surface area contributed by atoms with Crippen molar-refractivity contribution in [3.63, 3.8) is 0 Å². The predicted molar refractivity (Wildman–Crippen MR) is 65.1 cm³/mol. The molecule has 3 heteroatoms. The molecule has 0 amide bonds. The molecule has 88 valence electrons. The number of hydrogen-bond donors (Lipinski definition) is 1. The summed E-state index contributed by atoms with van der Waals surface area (Å²) in [6, 6.07) is 3.73. The van der Waals surface area contributed by atoms with E-state index in [0.717, 1.165) is 11.1 Å². The Hall–Kier alpha value is -1.35. The summed E-state index contributed by atoms with van der Waals surface area (Å²) in [5.41, 5.74) is 8.32. The van der Waals surface area contributed by atoms with Crippen LogP contribution >= 0.6 is 0 Å². The first kappa shape index (κ1) is 12.7. The average Bonchev–Trinajstić information content (AvgIpc) is 2.15. The third kappa shape index (κ3) is 2.83. The van der Waals surface area contributed by atoms with Crippen molar-refractivity contribution in [1.29, 1.82) is 0 Å². The van der Waals surface area contributed by atoms with Gasteiger partial charge in [0, 0.05) is 12.5 Å². The van der Waals surface area contributed by atoms with E-state index in [2.05, 4.69) is 0 Å². The van der Waals surface area contributed by atoms with Crippen molar-refractivity contribution in [2.75, 3.05) is 7.11 Å². The minimum atomic E-state index is -0.127. The largest absolute Gasteiger partial charge is 0.496 e. The number of aryl methyl sites for hydroxylation is 2. The molecular formula is C13H19NO2. The zero-order valence-electron chi connectivity index (χ0n) is 10.3. The van der Waals surface area contributed by atoms with Crippen molar-refractivity contribution >= 4 is 5.78 Å². The Bertz CT molecular complexity index is 397. The average molecular weight is 221 g/mol. The van der Waals surface area contributed by atoms with Gasteiger partial charge < -0.3 is 10.5 Å². The molecule has 0 heterocycles. The van der Waals surface area contributed by atoms with Gasteiger partial charge in [0.15, 0.2) is 5.78 Å². The van der Waals surface area contributed by atoms with Crippen molar-refractivity contribution < 1.29 is 9.53 Å². The maximum absolute atomic E-state index is 12.0. The summed E-state index contributed by atoms with van der Waals surface area (Å²) < 4.78 is 5.27. The molecule has 1 aromatic rings. The fourth-order valence-corrected chi connectivity index (χ4v) is 1.83. The third-order valence-corrected chi connectivity index (χ3v) is 2.43. The number of methoxy groups -OCH3 is 1. The zero-order chi connectivity index (χ0) is 12.3. The van der Waals surface area contributed by atoms with Gasteiger partial charge in [0.25, 0.3) is 0 Å². The van der Waals surface area contributed by atoms with Gasteiger partial charge in [-0.2, -0.15) is 0 Å². The highest BCUT2D eigenvalue weighted by atomic mass is 16.5. The van der Waals surface area contributed by atoms with Gasteiger partial charge in [0.2, 0.25) is 0 Å². The van der Waals surface area contributed by atoms with E-state index < -0.39 is 0 Å². The molecule has 0 saturated heterocycles. The monoisotopic (exact) mass is 221 g/mol. The summed E-state index contributed by atoms with van der Waals surface area (Å²) in [7, 11) is 1.58. The van der Waals surface area contributed by atoms with Crippen molar-refractivity contribution in [3.05, 3.63) is 28.8 Å². The van der Waals surface area contributed by atoms with Crippen molar-refractivity contribution in [2.24, 2.45) is 5.73 Å². The van der Waals surface area contributed by atoms with E-state index in [1.54, 1.807) is 7.11 Å². The van der Waals surface area contributed by atoms with Crippen LogP contribution in [-0.4, -0.2) is 18.9 Å². The topological polar surface area (TPSA) is 52.3 Å². The third-order valence-electron chi connectivity index (χ3n) is 2.43. The second-order valence-corrected chi connectivity index (χ2v) is 4.27. The molecule has 0 radical (unpaired) electrons. The molecule has 0 aliphatic heterocycles. The number of benzene rings is 1. The molecule has 2 N–H and O–H groups in total. The number of hydrogen-bond acceptors (Lipinski definition) is 3. The minimum Gasteiger partial charge on any atom is -0.496 e. The number of ketones is 1. The molecule has 1 rings (SSSR count). The highest BCUT2D eigenvalue weighted by Crippen LogP contribution is 2.26. The van der Waals surface area contributed by atoms with Gasteiger partial charge in [-0.1, -0.05) is 6.07 Å². The smallest absolute Gasteiger partial charge is 0.168 e. The lowest BCUT2D eigenvalue weighted by Crippen LogP contribution is -2.20. The van der Waals surface area contributed by atoms with Crippen molar-refractivity contribution in [3.8, 4) is 5.75 Å². The van der Waals surface area contributed by atoms with Crippen molar-refractivity contribution in [1.82, 2.24) is 0 Å². The molecule has 1 unspecified atom stereocenters. The first-order valence-electron chi connectivity index (χ1n) is 5.39. The molecule has 3 nitrogen and oxygen atoms in total. The van der Waals surface area contributed by atoms with E-state index in [1.807, 2.05) is 32.9 Å². The fourth-order valence-electron chi connectivity index (χ4n) is 1.83. The summed E-state index contributed by atoms with van der Waals surface area (Å²) in [6.07, 6.45) is 0.346. The van der Waals surface area contributed by atoms with E-state index in [1.165, 1.54) is 0 Å². The second-order valence-electron chi connectivity index (χ2n) is 4.27. The number of nitrogens with two attached hydrogens (primary N) is 1. The van der Waals surface area contributed by atoms with Crippen LogP contribution < -0.4 is 10.5 Å². The van der Waals surface area contributed by atoms with Crippen LogP contribution in [0.2, 0.25) is 0 Å². The molecule has 0 aromatic heterocycles. The van der Waals surface area contributed by atoms with E-state index in [4.69, 9.17) is 10.5 Å². The van der Waals surface area contributed by atoms with Gasteiger partial charge in [-0.3, -0.25) is 4.79 Å². The van der Waals surface area contributed by atoms with Gasteiger partial charge >= 0.3 is 0 Å². The molecule has 0 bridgehead atoms. The Labute approximate surface area is 96.6 Å². The molecule has 0 saturated carbocycles. The lowest BCUT2D eigenvalue weighted by Gasteiger charge is -2.12. The van der Waals surface area contributed by atoms with Crippen molar-refractivity contribution in [2.45, 2.75) is 33.2 Å². The molecule has 0 spiro atoms. The van der Waals surface area contributed by atoms with Crippen LogP contribution in [0.25, 0.3) is 0 Å². The van der Waals surface area contributed by atoms with E-state index >= 15 is 0 Å². The maximum atomic E-state index is 12.0. The van der Waals surface area contributed by atoms with Crippen LogP contribution in [0, 0.1) is 13.8 Å². The number of ether oxygens (including phenoxy) is 1. The van der Waals surface area contributed by atoms with Crippen LogP contribution in [0.15, 0.2) is 12.1 Å². The summed E-state index contributed by atoms with van der Waals surface area (Å²) in [5.74, 6) is 0.704. The van der Waals surface area contributed by atoms with Crippen LogP contribution in [-0.2, 0) is 0 Å². The Kier molecular flexibility index (Phi) is 4.07. The Morgan fingerprint density at radius 3 is 2.56 bits per heavy atom. The zero-order valence-corrected chi connectivity index (χ0v) is 10.3. The minimum absolute atomic E-state index is 0.0404. The van der Waals surface area contributed by atoms with Gasteiger partial charge in [0.05, 0.1) is 12.7 Å².